The van der Waals surface area contributed by atoms with Gasteiger partial charge in [0.15, 0.2) is 0 Å². The summed E-state index contributed by atoms with van der Waals surface area (Å²) in [4.78, 5) is 17.7. The lowest BCUT2D eigenvalue weighted by Crippen LogP contribution is -2.09. The lowest BCUT2D eigenvalue weighted by atomic mass is 10.0. The molecule has 0 atom stereocenters. The maximum Gasteiger partial charge on any atom is 0.216 e. The van der Waals surface area contributed by atoms with Crippen LogP contribution < -0.4 is 0 Å². The summed E-state index contributed by atoms with van der Waals surface area (Å²) in [6.07, 6.45) is 1.73. The fourth-order valence-electron chi connectivity index (χ4n) is 2.84. The second-order valence-corrected chi connectivity index (χ2v) is 5.94. The van der Waals surface area contributed by atoms with Crippen molar-refractivity contribution < 1.29 is 9.18 Å². The summed E-state index contributed by atoms with van der Waals surface area (Å²) in [7, 11) is 0. The number of carbonyl (C=O) groups is 1. The average Bonchev–Trinajstić information content (AvgIpc) is 3.02. The first-order valence-corrected chi connectivity index (χ1v) is 8.06. The van der Waals surface area contributed by atoms with E-state index in [0.29, 0.717) is 11.3 Å². The molecule has 0 saturated carbocycles. The molecular weight excluding hydrogens is 339 g/mol. The van der Waals surface area contributed by atoms with Crippen LogP contribution in [0.15, 0.2) is 72.9 Å². The van der Waals surface area contributed by atoms with Gasteiger partial charge < -0.3 is 0 Å². The minimum atomic E-state index is -0.651. The maximum absolute atomic E-state index is 14.3. The Morgan fingerprint density at radius 3 is 2.48 bits per heavy atom. The molecule has 0 spiro atoms. The van der Waals surface area contributed by atoms with Crippen molar-refractivity contribution in [2.75, 3.05) is 0 Å². The Morgan fingerprint density at radius 1 is 0.960 bits per heavy atom. The number of nitrogens with zero attached hydrogens (tertiary/aromatic N) is 2. The molecule has 3 nitrogen and oxygen atoms in total. The molecule has 0 bridgehead atoms. The van der Waals surface area contributed by atoms with E-state index >= 15 is 0 Å². The fraction of sp³-hybridized carbons (Fsp3) is 0. The van der Waals surface area contributed by atoms with Gasteiger partial charge in [-0.05, 0) is 24.3 Å². The Balaban J connectivity index is 2.02. The van der Waals surface area contributed by atoms with Gasteiger partial charge in [-0.15, -0.1) is 0 Å². The summed E-state index contributed by atoms with van der Waals surface area (Å²) < 4.78 is 16.0. The van der Waals surface area contributed by atoms with E-state index in [1.54, 1.807) is 22.7 Å². The van der Waals surface area contributed by atoms with Crippen molar-refractivity contribution in [2.45, 2.75) is 0 Å². The van der Waals surface area contributed by atoms with Crippen LogP contribution in [0.3, 0.4) is 0 Å². The number of imidazole rings is 1. The first-order chi connectivity index (χ1) is 12.2. The highest BCUT2D eigenvalue weighted by atomic mass is 35.5. The van der Waals surface area contributed by atoms with Crippen LogP contribution in [0.25, 0.3) is 16.9 Å². The zero-order chi connectivity index (χ0) is 17.4. The van der Waals surface area contributed by atoms with Gasteiger partial charge in [-0.25, -0.2) is 9.37 Å². The number of halogens is 2. The van der Waals surface area contributed by atoms with Gasteiger partial charge in [-0.2, -0.15) is 0 Å². The van der Waals surface area contributed by atoms with Crippen LogP contribution in [0.1, 0.15) is 16.1 Å². The van der Waals surface area contributed by atoms with E-state index in [1.165, 1.54) is 18.2 Å². The van der Waals surface area contributed by atoms with Gasteiger partial charge in [0.05, 0.1) is 10.6 Å². The van der Waals surface area contributed by atoms with E-state index in [9.17, 15) is 9.18 Å². The van der Waals surface area contributed by atoms with Crippen LogP contribution in [-0.2, 0) is 0 Å². The van der Waals surface area contributed by atoms with Crippen molar-refractivity contribution >= 4 is 23.0 Å². The molecule has 4 rings (SSSR count). The molecule has 0 aliphatic heterocycles. The number of ketones is 1. The summed E-state index contributed by atoms with van der Waals surface area (Å²) in [5, 5.41) is 0.0786. The van der Waals surface area contributed by atoms with E-state index in [0.717, 1.165) is 5.56 Å². The molecule has 25 heavy (non-hydrogen) atoms. The third kappa shape index (κ3) is 2.61. The maximum atomic E-state index is 14.3. The third-order valence-electron chi connectivity index (χ3n) is 3.98. The topological polar surface area (TPSA) is 34.4 Å². The molecule has 0 radical (unpaired) electrons. The van der Waals surface area contributed by atoms with Crippen LogP contribution in [0.2, 0.25) is 5.02 Å². The monoisotopic (exact) mass is 350 g/mol. The Hall–Kier alpha value is -2.98. The van der Waals surface area contributed by atoms with Crippen LogP contribution in [0.4, 0.5) is 4.39 Å². The predicted molar refractivity (Wildman–Crippen MR) is 95.5 cm³/mol. The normalized spacial score (nSPS) is 11.0. The molecule has 0 N–H and O–H groups in total. The van der Waals surface area contributed by atoms with Gasteiger partial charge in [0.1, 0.15) is 22.9 Å². The summed E-state index contributed by atoms with van der Waals surface area (Å²) in [5.74, 6) is -1.15. The summed E-state index contributed by atoms with van der Waals surface area (Å²) in [6, 6.07) is 19.0. The highest BCUT2D eigenvalue weighted by molar-refractivity contribution is 6.35. The smallest absolute Gasteiger partial charge is 0.216 e. The van der Waals surface area contributed by atoms with Crippen molar-refractivity contribution in [3.05, 3.63) is 95.0 Å². The zero-order valence-corrected chi connectivity index (χ0v) is 13.7. The highest BCUT2D eigenvalue weighted by Gasteiger charge is 2.25. The molecule has 0 fully saturated rings. The number of pyridine rings is 1. The third-order valence-corrected chi connectivity index (χ3v) is 4.30. The predicted octanol–water partition coefficient (Wildman–Crippen LogP) is 5.02. The van der Waals surface area contributed by atoms with Crippen molar-refractivity contribution in [2.24, 2.45) is 0 Å². The molecule has 0 amide bonds. The molecule has 0 saturated heterocycles. The average molecular weight is 351 g/mol. The number of fused-ring (bicyclic) bond motifs is 1. The lowest BCUT2D eigenvalue weighted by molar-refractivity contribution is 0.103. The number of hydrogen-bond acceptors (Lipinski definition) is 2. The number of aromatic nitrogens is 2. The molecule has 2 heterocycles. The standard InChI is InChI=1S/C20H12ClFN2O/c21-14-9-6-10-15(22)17(14)20(25)19-18(13-7-2-1-3-8-13)23-16-11-4-5-12-24(16)19/h1-12H. The van der Waals surface area contributed by atoms with Gasteiger partial charge >= 0.3 is 0 Å². The highest BCUT2D eigenvalue weighted by Crippen LogP contribution is 2.29. The molecule has 2 aromatic carbocycles. The van der Waals surface area contributed by atoms with Crippen LogP contribution >= 0.6 is 11.6 Å². The van der Waals surface area contributed by atoms with Gasteiger partial charge in [-0.1, -0.05) is 54.1 Å². The molecule has 4 aromatic rings. The lowest BCUT2D eigenvalue weighted by Gasteiger charge is -2.07. The molecule has 2 aromatic heterocycles. The summed E-state index contributed by atoms with van der Waals surface area (Å²) in [6.45, 7) is 0. The first kappa shape index (κ1) is 15.5. The van der Waals surface area contributed by atoms with Crippen LogP contribution in [-0.4, -0.2) is 15.2 Å². The Bertz CT molecular complexity index is 1070. The first-order valence-electron chi connectivity index (χ1n) is 7.68. The fourth-order valence-corrected chi connectivity index (χ4v) is 3.09. The van der Waals surface area contributed by atoms with Crippen LogP contribution in [0.5, 0.6) is 0 Å². The van der Waals surface area contributed by atoms with Crippen molar-refractivity contribution in [3.8, 4) is 11.3 Å². The Morgan fingerprint density at radius 2 is 1.72 bits per heavy atom. The molecule has 0 aliphatic carbocycles. The van der Waals surface area contributed by atoms with Crippen molar-refractivity contribution in [1.29, 1.82) is 0 Å². The summed E-state index contributed by atoms with van der Waals surface area (Å²) in [5.41, 5.74) is 2.02. The van der Waals surface area contributed by atoms with Crippen molar-refractivity contribution in [1.82, 2.24) is 9.38 Å². The van der Waals surface area contributed by atoms with Crippen LogP contribution in [0, 0.1) is 5.82 Å². The van der Waals surface area contributed by atoms with E-state index < -0.39 is 11.6 Å². The number of rotatable bonds is 3. The second kappa shape index (κ2) is 6.15. The number of hydrogen-bond donors (Lipinski definition) is 0. The van der Waals surface area contributed by atoms with E-state index in [1.807, 2.05) is 36.4 Å². The SMILES string of the molecule is O=C(c1c(F)cccc1Cl)c1c(-c2ccccc2)nc2ccccn12. The number of benzene rings is 2. The van der Waals surface area contributed by atoms with E-state index in [-0.39, 0.29) is 16.3 Å². The van der Waals surface area contributed by atoms with Crippen molar-refractivity contribution in [3.63, 3.8) is 0 Å². The van der Waals surface area contributed by atoms with Gasteiger partial charge in [0.2, 0.25) is 5.78 Å². The Kier molecular flexibility index (Phi) is 3.82. The van der Waals surface area contributed by atoms with Gasteiger partial charge in [0, 0.05) is 11.8 Å². The summed E-state index contributed by atoms with van der Waals surface area (Å²) >= 11 is 6.10. The molecular formula is C20H12ClFN2O. The van der Waals surface area contributed by atoms with E-state index in [4.69, 9.17) is 11.6 Å². The zero-order valence-electron chi connectivity index (χ0n) is 13.0. The molecule has 122 valence electrons. The Labute approximate surface area is 148 Å². The van der Waals surface area contributed by atoms with Gasteiger partial charge in [-0.3, -0.25) is 9.20 Å². The molecule has 0 aliphatic rings. The minimum Gasteiger partial charge on any atom is -0.296 e. The van der Waals surface area contributed by atoms with Gasteiger partial charge in [0.25, 0.3) is 0 Å². The second-order valence-electron chi connectivity index (χ2n) is 5.53. The number of carbonyl (C=O) groups excluding carboxylic acids is 1. The quantitative estimate of drug-likeness (QED) is 0.486. The largest absolute Gasteiger partial charge is 0.296 e. The molecule has 0 unspecified atom stereocenters. The molecule has 5 heteroatoms. The van der Waals surface area contributed by atoms with E-state index in [2.05, 4.69) is 4.98 Å². The minimum absolute atomic E-state index is 0.0786.